The van der Waals surface area contributed by atoms with E-state index in [4.69, 9.17) is 0 Å². The van der Waals surface area contributed by atoms with Crippen LogP contribution in [0.25, 0.3) is 0 Å². The molecule has 0 atom stereocenters. The number of carbonyl (C=O) groups is 1. The summed E-state index contributed by atoms with van der Waals surface area (Å²) in [5.74, 6) is 0.217. The summed E-state index contributed by atoms with van der Waals surface area (Å²) >= 11 is 0. The molecule has 13 heavy (non-hydrogen) atoms. The van der Waals surface area contributed by atoms with Gasteiger partial charge in [0.15, 0.2) is 0 Å². The summed E-state index contributed by atoms with van der Waals surface area (Å²) in [5.41, 5.74) is 0. The van der Waals surface area contributed by atoms with Crippen molar-refractivity contribution in [3.8, 4) is 0 Å². The highest BCUT2D eigenvalue weighted by molar-refractivity contribution is 5.75. The van der Waals surface area contributed by atoms with Gasteiger partial charge in [-0.15, -0.1) is 0 Å². The smallest absolute Gasteiger partial charge is 0.220 e. The van der Waals surface area contributed by atoms with Crippen molar-refractivity contribution < 1.29 is 4.79 Å². The Bertz CT molecular complexity index is 175. The van der Waals surface area contributed by atoms with Crippen LogP contribution in [-0.4, -0.2) is 12.5 Å². The van der Waals surface area contributed by atoms with Crippen molar-refractivity contribution in [3.63, 3.8) is 0 Å². The van der Waals surface area contributed by atoms with Crippen molar-refractivity contribution in [2.45, 2.75) is 44.9 Å². The molecule has 1 rings (SSSR count). The summed E-state index contributed by atoms with van der Waals surface area (Å²) in [6.45, 7) is 0.801. The van der Waals surface area contributed by atoms with Crippen molar-refractivity contribution in [3.05, 3.63) is 12.2 Å². The predicted octanol–water partition coefficient (Wildman–Crippen LogP) is 2.40. The normalized spacial score (nSPS) is 23.8. The van der Waals surface area contributed by atoms with Crippen LogP contribution < -0.4 is 5.32 Å². The summed E-state index contributed by atoms with van der Waals surface area (Å²) < 4.78 is 0. The molecule has 0 aromatic carbocycles. The van der Waals surface area contributed by atoms with Gasteiger partial charge in [0.05, 0.1) is 0 Å². The van der Waals surface area contributed by atoms with Gasteiger partial charge in [0.1, 0.15) is 0 Å². The molecule has 1 aliphatic rings. The summed E-state index contributed by atoms with van der Waals surface area (Å²) in [7, 11) is 0. The Morgan fingerprint density at radius 1 is 1.00 bits per heavy atom. The quantitative estimate of drug-likeness (QED) is 0.571. The number of amides is 1. The zero-order valence-electron chi connectivity index (χ0n) is 8.22. The van der Waals surface area contributed by atoms with Crippen LogP contribution in [0, 0.1) is 0 Å². The molecule has 2 nitrogen and oxygen atoms in total. The van der Waals surface area contributed by atoms with Crippen molar-refractivity contribution in [2.75, 3.05) is 6.54 Å². The molecule has 0 unspecified atom stereocenters. The minimum atomic E-state index is 0.217. The first-order valence-corrected chi connectivity index (χ1v) is 5.31. The molecule has 0 aliphatic carbocycles. The Labute approximate surface area is 80.4 Å². The third kappa shape index (κ3) is 5.45. The number of nitrogens with one attached hydrogen (secondary N) is 1. The fourth-order valence-corrected chi connectivity index (χ4v) is 1.52. The van der Waals surface area contributed by atoms with Crippen molar-refractivity contribution >= 4 is 5.91 Å². The van der Waals surface area contributed by atoms with Crippen molar-refractivity contribution in [1.82, 2.24) is 5.32 Å². The summed E-state index contributed by atoms with van der Waals surface area (Å²) in [6.07, 6.45) is 12.1. The lowest BCUT2D eigenvalue weighted by Crippen LogP contribution is -2.23. The van der Waals surface area contributed by atoms with Gasteiger partial charge in [-0.05, 0) is 25.7 Å². The van der Waals surface area contributed by atoms with Gasteiger partial charge in [-0.2, -0.15) is 0 Å². The maximum Gasteiger partial charge on any atom is 0.220 e. The molecule has 0 bridgehead atoms. The summed E-state index contributed by atoms with van der Waals surface area (Å²) in [6, 6.07) is 0. The standard InChI is InChI=1S/C11H19NO/c13-11-9-7-5-3-1-2-4-6-8-10-12-11/h4,6H,1-3,5,7-10H2,(H,12,13)/b6-4-. The minimum Gasteiger partial charge on any atom is -0.356 e. The lowest BCUT2D eigenvalue weighted by molar-refractivity contribution is -0.121. The summed E-state index contributed by atoms with van der Waals surface area (Å²) in [4.78, 5) is 11.2. The lowest BCUT2D eigenvalue weighted by atomic mass is 10.1. The molecule has 2 heteroatoms. The Hall–Kier alpha value is -0.790. The van der Waals surface area contributed by atoms with Gasteiger partial charge in [-0.3, -0.25) is 4.79 Å². The summed E-state index contributed by atoms with van der Waals surface area (Å²) in [5, 5.41) is 2.91. The molecule has 1 amide bonds. The highest BCUT2D eigenvalue weighted by Crippen LogP contribution is 2.06. The maximum atomic E-state index is 11.2. The van der Waals surface area contributed by atoms with E-state index in [1.165, 1.54) is 25.7 Å². The molecule has 0 fully saturated rings. The molecule has 1 heterocycles. The van der Waals surface area contributed by atoms with E-state index in [-0.39, 0.29) is 5.91 Å². The molecule has 0 aromatic heterocycles. The third-order valence-corrected chi connectivity index (χ3v) is 2.32. The Morgan fingerprint density at radius 3 is 2.69 bits per heavy atom. The van der Waals surface area contributed by atoms with Gasteiger partial charge < -0.3 is 5.32 Å². The van der Waals surface area contributed by atoms with Gasteiger partial charge in [-0.25, -0.2) is 0 Å². The highest BCUT2D eigenvalue weighted by Gasteiger charge is 1.99. The molecule has 1 N–H and O–H groups in total. The van der Waals surface area contributed by atoms with Crippen molar-refractivity contribution in [2.24, 2.45) is 0 Å². The number of hydrogen-bond donors (Lipinski definition) is 1. The molecule has 0 saturated carbocycles. The van der Waals surface area contributed by atoms with E-state index in [0.29, 0.717) is 6.42 Å². The third-order valence-electron chi connectivity index (χ3n) is 2.32. The van der Waals surface area contributed by atoms with Crippen LogP contribution in [0.4, 0.5) is 0 Å². The Morgan fingerprint density at radius 2 is 1.77 bits per heavy atom. The van der Waals surface area contributed by atoms with Crippen LogP contribution in [0.1, 0.15) is 44.9 Å². The molecule has 0 spiro atoms. The monoisotopic (exact) mass is 181 g/mol. The maximum absolute atomic E-state index is 11.2. The van der Waals surface area contributed by atoms with E-state index in [2.05, 4.69) is 17.5 Å². The Kier molecular flexibility index (Phi) is 5.30. The van der Waals surface area contributed by atoms with Crippen LogP contribution >= 0.6 is 0 Å². The zero-order chi connectivity index (χ0) is 9.36. The SMILES string of the molecule is O=C1CCCCCC/C=C\CCN1. The number of hydrogen-bond acceptors (Lipinski definition) is 1. The second kappa shape index (κ2) is 6.70. The van der Waals surface area contributed by atoms with E-state index >= 15 is 0 Å². The van der Waals surface area contributed by atoms with E-state index in [0.717, 1.165) is 19.4 Å². The lowest BCUT2D eigenvalue weighted by Gasteiger charge is -2.04. The highest BCUT2D eigenvalue weighted by atomic mass is 16.1. The molecular formula is C11H19NO. The largest absolute Gasteiger partial charge is 0.356 e. The predicted molar refractivity (Wildman–Crippen MR) is 54.5 cm³/mol. The van der Waals surface area contributed by atoms with E-state index < -0.39 is 0 Å². The van der Waals surface area contributed by atoms with Gasteiger partial charge in [0.25, 0.3) is 0 Å². The van der Waals surface area contributed by atoms with Gasteiger partial charge in [0, 0.05) is 13.0 Å². The average Bonchev–Trinajstić information content (AvgIpc) is 2.11. The first-order valence-electron chi connectivity index (χ1n) is 5.31. The van der Waals surface area contributed by atoms with Gasteiger partial charge in [0.2, 0.25) is 5.91 Å². The second-order valence-electron chi connectivity index (χ2n) is 3.56. The van der Waals surface area contributed by atoms with Crippen LogP contribution in [0.3, 0.4) is 0 Å². The molecule has 74 valence electrons. The number of carbonyl (C=O) groups excluding carboxylic acids is 1. The van der Waals surface area contributed by atoms with Crippen LogP contribution in [-0.2, 0) is 4.79 Å². The van der Waals surface area contributed by atoms with Crippen LogP contribution in [0.2, 0.25) is 0 Å². The fraction of sp³-hybridized carbons (Fsp3) is 0.727. The molecule has 0 saturated heterocycles. The Balaban J connectivity index is 2.24. The fourth-order valence-electron chi connectivity index (χ4n) is 1.52. The molecular weight excluding hydrogens is 162 g/mol. The molecule has 1 aliphatic heterocycles. The van der Waals surface area contributed by atoms with Crippen LogP contribution in [0.15, 0.2) is 12.2 Å². The second-order valence-corrected chi connectivity index (χ2v) is 3.56. The molecule has 0 radical (unpaired) electrons. The van der Waals surface area contributed by atoms with Gasteiger partial charge in [-0.1, -0.05) is 25.0 Å². The first kappa shape index (κ1) is 10.3. The zero-order valence-corrected chi connectivity index (χ0v) is 8.22. The van der Waals surface area contributed by atoms with Crippen molar-refractivity contribution in [1.29, 1.82) is 0 Å². The van der Waals surface area contributed by atoms with E-state index in [9.17, 15) is 4.79 Å². The molecule has 0 aromatic rings. The van der Waals surface area contributed by atoms with E-state index in [1.54, 1.807) is 0 Å². The van der Waals surface area contributed by atoms with Crippen LogP contribution in [0.5, 0.6) is 0 Å². The average molecular weight is 181 g/mol. The van der Waals surface area contributed by atoms with E-state index in [1.807, 2.05) is 0 Å². The minimum absolute atomic E-state index is 0.217. The number of rotatable bonds is 0. The first-order chi connectivity index (χ1) is 6.39. The number of allylic oxidation sites excluding steroid dienone is 1. The van der Waals surface area contributed by atoms with Gasteiger partial charge >= 0.3 is 0 Å². The topological polar surface area (TPSA) is 29.1 Å².